The summed E-state index contributed by atoms with van der Waals surface area (Å²) in [7, 11) is 0. The van der Waals surface area contributed by atoms with Gasteiger partial charge in [0.05, 0.1) is 11.3 Å². The van der Waals surface area contributed by atoms with Gasteiger partial charge in [0, 0.05) is 31.8 Å². The Morgan fingerprint density at radius 2 is 1.86 bits per heavy atom. The van der Waals surface area contributed by atoms with Crippen LogP contribution in [0.1, 0.15) is 35.2 Å². The van der Waals surface area contributed by atoms with E-state index in [4.69, 9.17) is 0 Å². The minimum Gasteiger partial charge on any atom is -0.396 e. The number of hydrogen-bond acceptors (Lipinski definition) is 5. The van der Waals surface area contributed by atoms with E-state index in [1.807, 2.05) is 30.3 Å². The Morgan fingerprint density at radius 3 is 2.51 bits per heavy atom. The van der Waals surface area contributed by atoms with E-state index in [-0.39, 0.29) is 37.5 Å². The summed E-state index contributed by atoms with van der Waals surface area (Å²) in [6.07, 6.45) is 0.933. The van der Waals surface area contributed by atoms with Gasteiger partial charge in [-0.25, -0.2) is 14.3 Å². The van der Waals surface area contributed by atoms with E-state index in [0.29, 0.717) is 25.9 Å². The average molecular weight is 490 g/mol. The van der Waals surface area contributed by atoms with Crippen molar-refractivity contribution in [2.45, 2.75) is 25.7 Å². The first-order valence-electron chi connectivity index (χ1n) is 11.4. The smallest absolute Gasteiger partial charge is 0.251 e. The van der Waals surface area contributed by atoms with Crippen molar-refractivity contribution in [3.05, 3.63) is 71.3 Å². The van der Waals surface area contributed by atoms with Crippen LogP contribution in [0.4, 0.5) is 8.78 Å². The van der Waals surface area contributed by atoms with Crippen LogP contribution in [0.3, 0.4) is 0 Å². The lowest BCUT2D eigenvalue weighted by Crippen LogP contribution is -2.48. The second-order valence-corrected chi connectivity index (χ2v) is 8.61. The van der Waals surface area contributed by atoms with Crippen molar-refractivity contribution in [2.24, 2.45) is 11.3 Å². The SMILES string of the molecule is O=C(NCC[C@@H](C(=O)NO)[C@]1(CCO)CCN(CCc2ccccc2)C1=O)c1ccc(F)c(F)c1. The number of aliphatic hydroxyl groups excluding tert-OH is 1. The van der Waals surface area contributed by atoms with Gasteiger partial charge in [-0.2, -0.15) is 0 Å². The van der Waals surface area contributed by atoms with Crippen LogP contribution >= 0.6 is 0 Å². The molecule has 4 N–H and O–H groups in total. The third-order valence-electron chi connectivity index (χ3n) is 6.61. The lowest BCUT2D eigenvalue weighted by Gasteiger charge is -2.34. The van der Waals surface area contributed by atoms with E-state index in [1.54, 1.807) is 10.4 Å². The van der Waals surface area contributed by atoms with Crippen LogP contribution in [0.2, 0.25) is 0 Å². The van der Waals surface area contributed by atoms with Crippen LogP contribution in [-0.4, -0.2) is 59.2 Å². The Labute approximate surface area is 201 Å². The Morgan fingerprint density at radius 1 is 1.11 bits per heavy atom. The maximum Gasteiger partial charge on any atom is 0.251 e. The van der Waals surface area contributed by atoms with Crippen LogP contribution in [0, 0.1) is 23.0 Å². The Balaban J connectivity index is 1.70. The number of likely N-dealkylation sites (tertiary alicyclic amines) is 1. The minimum atomic E-state index is -1.25. The molecule has 3 rings (SSSR count). The average Bonchev–Trinajstić information content (AvgIpc) is 3.18. The molecule has 1 heterocycles. The molecule has 188 valence electrons. The van der Waals surface area contributed by atoms with Crippen LogP contribution in [0.15, 0.2) is 48.5 Å². The molecule has 1 aliphatic heterocycles. The quantitative estimate of drug-likeness (QED) is 0.285. The molecule has 0 bridgehead atoms. The molecule has 1 saturated heterocycles. The van der Waals surface area contributed by atoms with E-state index < -0.39 is 34.8 Å². The molecule has 10 heteroatoms. The molecular formula is C25H29F2N3O5. The highest BCUT2D eigenvalue weighted by Gasteiger charge is 2.53. The van der Waals surface area contributed by atoms with Gasteiger partial charge < -0.3 is 15.3 Å². The zero-order valence-electron chi connectivity index (χ0n) is 19.2. The Hall–Kier alpha value is -3.37. The van der Waals surface area contributed by atoms with Gasteiger partial charge in [0.25, 0.3) is 5.91 Å². The number of hydrogen-bond donors (Lipinski definition) is 4. The third-order valence-corrected chi connectivity index (χ3v) is 6.61. The topological polar surface area (TPSA) is 119 Å². The molecule has 0 aliphatic carbocycles. The highest BCUT2D eigenvalue weighted by atomic mass is 19.2. The molecule has 2 aromatic rings. The molecule has 1 fully saturated rings. The molecule has 0 unspecified atom stereocenters. The predicted octanol–water partition coefficient (Wildman–Crippen LogP) is 2.05. The number of rotatable bonds is 11. The lowest BCUT2D eigenvalue weighted by atomic mass is 9.69. The molecule has 0 spiro atoms. The number of halogens is 2. The number of benzene rings is 2. The first-order valence-corrected chi connectivity index (χ1v) is 11.4. The molecule has 3 amide bonds. The van der Waals surface area contributed by atoms with Crippen molar-refractivity contribution in [3.8, 4) is 0 Å². The second-order valence-electron chi connectivity index (χ2n) is 8.61. The van der Waals surface area contributed by atoms with E-state index >= 15 is 0 Å². The summed E-state index contributed by atoms with van der Waals surface area (Å²) in [4.78, 5) is 40.1. The van der Waals surface area contributed by atoms with Gasteiger partial charge in [0.1, 0.15) is 0 Å². The fourth-order valence-corrected chi connectivity index (χ4v) is 4.71. The van der Waals surface area contributed by atoms with Gasteiger partial charge >= 0.3 is 0 Å². The zero-order chi connectivity index (χ0) is 25.4. The number of amides is 3. The lowest BCUT2D eigenvalue weighted by molar-refractivity contribution is -0.149. The number of nitrogens with zero attached hydrogens (tertiary/aromatic N) is 1. The Bertz CT molecular complexity index is 1050. The summed E-state index contributed by atoms with van der Waals surface area (Å²) in [6, 6.07) is 12.4. The van der Waals surface area contributed by atoms with Crippen molar-refractivity contribution in [2.75, 3.05) is 26.2 Å². The monoisotopic (exact) mass is 489 g/mol. The van der Waals surface area contributed by atoms with E-state index in [2.05, 4.69) is 5.32 Å². The van der Waals surface area contributed by atoms with E-state index in [9.17, 15) is 33.5 Å². The normalized spacial score (nSPS) is 18.4. The number of hydroxylamine groups is 1. The van der Waals surface area contributed by atoms with E-state index in [1.165, 1.54) is 0 Å². The van der Waals surface area contributed by atoms with Crippen molar-refractivity contribution < 1.29 is 33.5 Å². The largest absolute Gasteiger partial charge is 0.396 e. The predicted molar refractivity (Wildman–Crippen MR) is 122 cm³/mol. The number of carbonyl (C=O) groups is 3. The van der Waals surface area contributed by atoms with Crippen LogP contribution in [0.5, 0.6) is 0 Å². The fourth-order valence-electron chi connectivity index (χ4n) is 4.71. The van der Waals surface area contributed by atoms with Gasteiger partial charge in [-0.15, -0.1) is 0 Å². The van der Waals surface area contributed by atoms with Crippen LogP contribution < -0.4 is 10.8 Å². The summed E-state index contributed by atoms with van der Waals surface area (Å²) in [6.45, 7) is 0.424. The van der Waals surface area contributed by atoms with Gasteiger partial charge in [-0.1, -0.05) is 30.3 Å². The molecule has 0 saturated carbocycles. The van der Waals surface area contributed by atoms with Gasteiger partial charge in [0.2, 0.25) is 11.8 Å². The minimum absolute atomic E-state index is 0.0138. The van der Waals surface area contributed by atoms with Crippen molar-refractivity contribution in [1.82, 2.24) is 15.7 Å². The van der Waals surface area contributed by atoms with Crippen molar-refractivity contribution in [1.29, 1.82) is 0 Å². The van der Waals surface area contributed by atoms with Gasteiger partial charge in [-0.05, 0) is 49.4 Å². The molecule has 35 heavy (non-hydrogen) atoms. The molecule has 0 radical (unpaired) electrons. The highest BCUT2D eigenvalue weighted by Crippen LogP contribution is 2.44. The second kappa shape index (κ2) is 11.9. The number of nitrogens with one attached hydrogen (secondary N) is 2. The summed E-state index contributed by atoms with van der Waals surface area (Å²) < 4.78 is 26.6. The summed E-state index contributed by atoms with van der Waals surface area (Å²) in [5, 5.41) is 21.6. The fraction of sp³-hybridized carbons (Fsp3) is 0.400. The van der Waals surface area contributed by atoms with Crippen LogP contribution in [-0.2, 0) is 16.0 Å². The molecule has 2 atom stereocenters. The van der Waals surface area contributed by atoms with Gasteiger partial charge in [-0.3, -0.25) is 19.6 Å². The molecule has 0 aromatic heterocycles. The first-order chi connectivity index (χ1) is 16.8. The standard InChI is InChI=1S/C25H29F2N3O5/c26-20-7-6-18(16-21(20)27)22(32)28-12-8-19(23(33)29-35)25(11-15-31)10-14-30(24(25)34)13-9-17-4-2-1-3-5-17/h1-7,16,19,31,35H,8-15H2,(H,28,32)(H,29,33)/t19-,25+/m0/s1. The third kappa shape index (κ3) is 6.01. The summed E-state index contributed by atoms with van der Waals surface area (Å²) in [5.41, 5.74) is 1.33. The maximum absolute atomic E-state index is 13.5. The van der Waals surface area contributed by atoms with Gasteiger partial charge in [0.15, 0.2) is 11.6 Å². The number of carbonyl (C=O) groups excluding carboxylic acids is 3. The highest BCUT2D eigenvalue weighted by molar-refractivity contribution is 5.94. The molecule has 8 nitrogen and oxygen atoms in total. The molecule has 1 aliphatic rings. The van der Waals surface area contributed by atoms with Crippen molar-refractivity contribution >= 4 is 17.7 Å². The van der Waals surface area contributed by atoms with E-state index in [0.717, 1.165) is 23.8 Å². The first kappa shape index (κ1) is 26.2. The van der Waals surface area contributed by atoms with Crippen molar-refractivity contribution in [3.63, 3.8) is 0 Å². The number of aliphatic hydroxyl groups is 1. The Kier molecular flexibility index (Phi) is 8.89. The summed E-state index contributed by atoms with van der Waals surface area (Å²) >= 11 is 0. The molecular weight excluding hydrogens is 460 g/mol. The van der Waals surface area contributed by atoms with Crippen LogP contribution in [0.25, 0.3) is 0 Å². The summed E-state index contributed by atoms with van der Waals surface area (Å²) in [5.74, 6) is -5.03. The maximum atomic E-state index is 13.5. The molecule has 2 aromatic carbocycles. The zero-order valence-corrected chi connectivity index (χ0v) is 19.2.